The van der Waals surface area contributed by atoms with Crippen molar-refractivity contribution in [2.75, 3.05) is 11.1 Å². The summed E-state index contributed by atoms with van der Waals surface area (Å²) in [5, 5.41) is 5.14. The van der Waals surface area contributed by atoms with Crippen molar-refractivity contribution < 1.29 is 22.4 Å². The van der Waals surface area contributed by atoms with Gasteiger partial charge in [-0.2, -0.15) is 0 Å². The molecule has 2 N–H and O–H groups in total. The fourth-order valence-electron chi connectivity index (χ4n) is 2.85. The molecule has 29 heavy (non-hydrogen) atoms. The Labute approximate surface area is 173 Å². The van der Waals surface area contributed by atoms with Gasteiger partial charge in [-0.3, -0.25) is 9.59 Å². The van der Waals surface area contributed by atoms with Gasteiger partial charge in [-0.15, -0.1) is 11.8 Å². The average Bonchev–Trinajstić information content (AvgIpc) is 2.67. The van der Waals surface area contributed by atoms with Crippen LogP contribution in [0, 0.1) is 11.7 Å². The minimum Gasteiger partial charge on any atom is -0.352 e. The Morgan fingerprint density at radius 2 is 1.93 bits per heavy atom. The lowest BCUT2D eigenvalue weighted by Gasteiger charge is -2.22. The van der Waals surface area contributed by atoms with Gasteiger partial charge in [-0.25, -0.2) is 12.8 Å². The number of hydrogen-bond acceptors (Lipinski definition) is 5. The zero-order valence-corrected chi connectivity index (χ0v) is 17.6. The van der Waals surface area contributed by atoms with E-state index in [2.05, 4.69) is 10.6 Å². The van der Waals surface area contributed by atoms with E-state index >= 15 is 0 Å². The van der Waals surface area contributed by atoms with Gasteiger partial charge in [0.2, 0.25) is 11.8 Å². The van der Waals surface area contributed by atoms with Crippen molar-refractivity contribution in [3.8, 4) is 0 Å². The number of nitrogens with one attached hydrogen (secondary N) is 2. The summed E-state index contributed by atoms with van der Waals surface area (Å²) >= 11 is 1.37. The maximum absolute atomic E-state index is 12.9. The Morgan fingerprint density at radius 3 is 2.62 bits per heavy atom. The smallest absolute Gasteiger partial charge is 0.237 e. The Morgan fingerprint density at radius 1 is 1.24 bits per heavy atom. The van der Waals surface area contributed by atoms with Crippen LogP contribution in [0.2, 0.25) is 0 Å². The first-order valence-corrected chi connectivity index (χ1v) is 11.6. The summed E-state index contributed by atoms with van der Waals surface area (Å²) in [6.45, 7) is 3.50. The van der Waals surface area contributed by atoms with E-state index in [0.717, 1.165) is 4.90 Å². The number of sulfone groups is 1. The fourth-order valence-corrected chi connectivity index (χ4v) is 5.35. The standard InChI is InChI=1S/C20H21FN2O4S2/c1-12(19(24)22-10-14-3-5-15(21)6-4-14)11-29(26,27)16-7-8-18-17(9-16)23-20(25)13(2)28-18/h3-9,12-13H,10-11H2,1-2H3,(H,22,24)(H,23,25). The zero-order chi connectivity index (χ0) is 21.2. The molecule has 9 heteroatoms. The van der Waals surface area contributed by atoms with Gasteiger partial charge in [-0.1, -0.05) is 19.1 Å². The molecule has 0 radical (unpaired) electrons. The quantitative estimate of drug-likeness (QED) is 0.726. The van der Waals surface area contributed by atoms with Crippen LogP contribution in [0.4, 0.5) is 10.1 Å². The summed E-state index contributed by atoms with van der Waals surface area (Å²) in [4.78, 5) is 25.0. The number of halogens is 1. The summed E-state index contributed by atoms with van der Waals surface area (Å²) in [5.41, 5.74) is 1.18. The number of amides is 2. The topological polar surface area (TPSA) is 92.3 Å². The van der Waals surface area contributed by atoms with Crippen molar-refractivity contribution in [1.82, 2.24) is 5.32 Å². The molecule has 1 aliphatic rings. The van der Waals surface area contributed by atoms with Gasteiger partial charge < -0.3 is 10.6 Å². The molecule has 0 saturated heterocycles. The van der Waals surface area contributed by atoms with Crippen molar-refractivity contribution in [2.45, 2.75) is 35.4 Å². The van der Waals surface area contributed by atoms with Crippen molar-refractivity contribution in [3.05, 3.63) is 53.8 Å². The van der Waals surface area contributed by atoms with Gasteiger partial charge in [0.15, 0.2) is 9.84 Å². The third-order valence-electron chi connectivity index (χ3n) is 4.54. The second kappa shape index (κ2) is 8.54. The van der Waals surface area contributed by atoms with Crippen LogP contribution in [0.15, 0.2) is 52.3 Å². The van der Waals surface area contributed by atoms with Crippen LogP contribution in [-0.2, 0) is 26.0 Å². The fraction of sp³-hybridized carbons (Fsp3) is 0.300. The summed E-state index contributed by atoms with van der Waals surface area (Å²) in [6.07, 6.45) is 0. The van der Waals surface area contributed by atoms with Gasteiger partial charge >= 0.3 is 0 Å². The van der Waals surface area contributed by atoms with Crippen molar-refractivity contribution in [1.29, 1.82) is 0 Å². The van der Waals surface area contributed by atoms with Crippen molar-refractivity contribution >= 4 is 39.1 Å². The molecule has 2 aromatic rings. The molecule has 3 rings (SSSR count). The molecule has 0 saturated carbocycles. The Kier molecular flexibility index (Phi) is 6.28. The van der Waals surface area contributed by atoms with Crippen LogP contribution >= 0.6 is 11.8 Å². The average molecular weight is 437 g/mol. The van der Waals surface area contributed by atoms with Crippen LogP contribution in [0.3, 0.4) is 0 Å². The van der Waals surface area contributed by atoms with Crippen molar-refractivity contribution in [2.24, 2.45) is 5.92 Å². The molecule has 2 aromatic carbocycles. The summed E-state index contributed by atoms with van der Waals surface area (Å²) in [6, 6.07) is 10.3. The predicted octanol–water partition coefficient (Wildman–Crippen LogP) is 2.98. The Bertz CT molecular complexity index is 1040. The van der Waals surface area contributed by atoms with Crippen LogP contribution in [0.1, 0.15) is 19.4 Å². The molecular formula is C20H21FN2O4S2. The van der Waals surface area contributed by atoms with Crippen LogP contribution < -0.4 is 10.6 Å². The van der Waals surface area contributed by atoms with E-state index in [1.54, 1.807) is 25.1 Å². The highest BCUT2D eigenvalue weighted by atomic mass is 32.2. The molecule has 0 aromatic heterocycles. The molecule has 2 amide bonds. The number of thioether (sulfide) groups is 1. The number of anilines is 1. The zero-order valence-electron chi connectivity index (χ0n) is 15.9. The largest absolute Gasteiger partial charge is 0.352 e. The van der Waals surface area contributed by atoms with Gasteiger partial charge in [0.05, 0.1) is 21.6 Å². The van der Waals surface area contributed by atoms with Gasteiger partial charge in [0.25, 0.3) is 0 Å². The number of fused-ring (bicyclic) bond motifs is 1. The molecule has 1 heterocycles. The van der Waals surface area contributed by atoms with Crippen LogP contribution in [0.5, 0.6) is 0 Å². The first-order chi connectivity index (χ1) is 13.7. The molecule has 0 fully saturated rings. The lowest BCUT2D eigenvalue weighted by atomic mass is 10.2. The maximum Gasteiger partial charge on any atom is 0.237 e. The number of benzene rings is 2. The predicted molar refractivity (Wildman–Crippen MR) is 110 cm³/mol. The third-order valence-corrected chi connectivity index (χ3v) is 7.63. The minimum atomic E-state index is -3.73. The van der Waals surface area contributed by atoms with Gasteiger partial charge in [-0.05, 0) is 42.8 Å². The van der Waals surface area contributed by atoms with E-state index in [1.807, 2.05) is 0 Å². The number of rotatable bonds is 6. The molecule has 154 valence electrons. The molecular weight excluding hydrogens is 415 g/mol. The number of carbonyl (C=O) groups excluding carboxylic acids is 2. The Balaban J connectivity index is 1.65. The third kappa shape index (κ3) is 5.16. The molecule has 2 atom stereocenters. The highest BCUT2D eigenvalue weighted by molar-refractivity contribution is 8.01. The molecule has 1 aliphatic heterocycles. The lowest BCUT2D eigenvalue weighted by molar-refractivity contribution is -0.124. The summed E-state index contributed by atoms with van der Waals surface area (Å²) < 4.78 is 38.4. The van der Waals surface area contributed by atoms with Crippen LogP contribution in [-0.4, -0.2) is 31.2 Å². The van der Waals surface area contributed by atoms with E-state index in [9.17, 15) is 22.4 Å². The van der Waals surface area contributed by atoms with Gasteiger partial charge in [0, 0.05) is 17.4 Å². The first-order valence-electron chi connectivity index (χ1n) is 9.02. The molecule has 2 unspecified atom stereocenters. The second-order valence-corrected chi connectivity index (χ2v) is 10.4. The van der Waals surface area contributed by atoms with E-state index < -0.39 is 21.7 Å². The van der Waals surface area contributed by atoms with Crippen molar-refractivity contribution in [3.63, 3.8) is 0 Å². The first kappa shape index (κ1) is 21.3. The monoisotopic (exact) mass is 436 g/mol. The maximum atomic E-state index is 12.9. The van der Waals surface area contributed by atoms with E-state index in [0.29, 0.717) is 11.3 Å². The van der Waals surface area contributed by atoms with Gasteiger partial charge in [0.1, 0.15) is 5.82 Å². The molecule has 0 bridgehead atoms. The number of carbonyl (C=O) groups is 2. The normalized spacial score (nSPS) is 17.2. The minimum absolute atomic E-state index is 0.0601. The van der Waals surface area contributed by atoms with E-state index in [4.69, 9.17) is 0 Å². The Hall–Kier alpha value is -2.39. The van der Waals surface area contributed by atoms with E-state index in [-0.39, 0.29) is 34.2 Å². The summed E-state index contributed by atoms with van der Waals surface area (Å²) in [5.74, 6) is -2.09. The summed E-state index contributed by atoms with van der Waals surface area (Å²) in [7, 11) is -3.73. The van der Waals surface area contributed by atoms with E-state index in [1.165, 1.54) is 43.0 Å². The second-order valence-electron chi connectivity index (χ2n) is 6.93. The molecule has 0 aliphatic carbocycles. The van der Waals surface area contributed by atoms with Crippen LogP contribution in [0.25, 0.3) is 0 Å². The SMILES string of the molecule is CC(CS(=O)(=O)c1ccc2c(c1)NC(=O)C(C)S2)C(=O)NCc1ccc(F)cc1. The lowest BCUT2D eigenvalue weighted by Crippen LogP contribution is -2.33. The number of hydrogen-bond donors (Lipinski definition) is 2. The molecule has 6 nitrogen and oxygen atoms in total. The molecule has 0 spiro atoms. The highest BCUT2D eigenvalue weighted by Gasteiger charge is 2.27. The highest BCUT2D eigenvalue weighted by Crippen LogP contribution is 2.37.